The molecule has 12 heteroatoms. The first kappa shape index (κ1) is 26.9. The Labute approximate surface area is 236 Å². The smallest absolute Gasteiger partial charge is 0.257 e. The fourth-order valence-corrected chi connectivity index (χ4v) is 5.18. The molecule has 0 atom stereocenters. The number of nitrogens with zero attached hydrogens (tertiary/aromatic N) is 4. The molecule has 0 bridgehead atoms. The van der Waals surface area contributed by atoms with Gasteiger partial charge in [0.2, 0.25) is 5.95 Å². The van der Waals surface area contributed by atoms with Crippen LogP contribution in [0.25, 0.3) is 11.0 Å². The number of hydrogen-bond acceptors (Lipinski definition) is 8. The predicted octanol–water partition coefficient (Wildman–Crippen LogP) is 4.57. The van der Waals surface area contributed by atoms with E-state index in [0.717, 1.165) is 68.6 Å². The Bertz CT molecular complexity index is 1530. The minimum absolute atomic E-state index is 0.135. The number of aromatic amines is 1. The summed E-state index contributed by atoms with van der Waals surface area (Å²) >= 11 is 0. The highest BCUT2D eigenvalue weighted by Gasteiger charge is 2.22. The SMILES string of the molecule is CN1CCN(c2ccc(C(=O)Nc3c[nH]c4cnc(Nc5cc(F)cc(F)c5)nc34)c(NC3CCOCC3)c2)CC1. The highest BCUT2D eigenvalue weighted by molar-refractivity contribution is 6.11. The number of ether oxygens (including phenoxy) is 1. The van der Waals surface area contributed by atoms with E-state index in [-0.39, 0.29) is 23.6 Å². The standard InChI is InChI=1S/C29H32F2N8O2/c1-38-6-8-39(9-7-38)22-2-3-23(24(15-22)34-20-4-10-41-11-5-20)28(40)36-26-17-32-25-16-33-29(37-27(25)26)35-21-13-18(30)12-19(31)14-21/h2-3,12-17,20,32,34H,4-11H2,1H3,(H,36,40)(H,33,35,37). The van der Waals surface area contributed by atoms with Crippen molar-refractivity contribution in [2.75, 3.05) is 67.3 Å². The van der Waals surface area contributed by atoms with Crippen LogP contribution in [0.4, 0.5) is 37.5 Å². The molecule has 6 rings (SSSR count). The van der Waals surface area contributed by atoms with Crippen LogP contribution < -0.4 is 20.9 Å². The van der Waals surface area contributed by atoms with Crippen molar-refractivity contribution in [3.63, 3.8) is 0 Å². The zero-order valence-corrected chi connectivity index (χ0v) is 22.7. The number of nitrogens with one attached hydrogen (secondary N) is 4. The molecule has 2 aromatic carbocycles. The number of benzene rings is 2. The third-order valence-electron chi connectivity index (χ3n) is 7.48. The number of rotatable bonds is 7. The van der Waals surface area contributed by atoms with Gasteiger partial charge in [-0.05, 0) is 50.2 Å². The van der Waals surface area contributed by atoms with Crippen molar-refractivity contribution in [2.24, 2.45) is 0 Å². The Kier molecular flexibility index (Phi) is 7.66. The van der Waals surface area contributed by atoms with Crippen LogP contribution in [-0.2, 0) is 4.74 Å². The second kappa shape index (κ2) is 11.7. The molecule has 2 aliphatic heterocycles. The van der Waals surface area contributed by atoms with Crippen molar-refractivity contribution in [3.05, 3.63) is 66.0 Å². The summed E-state index contributed by atoms with van der Waals surface area (Å²) in [5.74, 6) is -1.58. The summed E-state index contributed by atoms with van der Waals surface area (Å²) in [5.41, 5.74) is 4.06. The molecule has 4 N–H and O–H groups in total. The molecule has 2 saturated heterocycles. The van der Waals surface area contributed by atoms with E-state index in [1.54, 1.807) is 12.4 Å². The zero-order valence-electron chi connectivity index (χ0n) is 22.7. The number of likely N-dealkylation sites (N-methyl/N-ethyl adjacent to an activating group) is 1. The van der Waals surface area contributed by atoms with Crippen LogP contribution in [0.15, 0.2) is 48.8 Å². The number of fused-ring (bicyclic) bond motifs is 1. The van der Waals surface area contributed by atoms with Gasteiger partial charge in [-0.1, -0.05) is 0 Å². The number of anilines is 5. The molecule has 0 spiro atoms. The molecule has 4 aromatic rings. The second-order valence-corrected chi connectivity index (χ2v) is 10.4. The number of carbonyl (C=O) groups is 1. The molecule has 2 aromatic heterocycles. The Hall–Kier alpha value is -4.29. The van der Waals surface area contributed by atoms with E-state index in [4.69, 9.17) is 4.74 Å². The summed E-state index contributed by atoms with van der Waals surface area (Å²) in [6, 6.07) is 9.21. The van der Waals surface area contributed by atoms with Gasteiger partial charge >= 0.3 is 0 Å². The second-order valence-electron chi connectivity index (χ2n) is 10.4. The van der Waals surface area contributed by atoms with Crippen molar-refractivity contribution in [1.82, 2.24) is 19.9 Å². The number of aromatic nitrogens is 3. The van der Waals surface area contributed by atoms with E-state index in [9.17, 15) is 13.6 Å². The lowest BCUT2D eigenvalue weighted by Gasteiger charge is -2.34. The third kappa shape index (κ3) is 6.23. The topological polar surface area (TPSA) is 110 Å². The summed E-state index contributed by atoms with van der Waals surface area (Å²) in [5, 5.41) is 9.40. The molecular weight excluding hydrogens is 530 g/mol. The quantitative estimate of drug-likeness (QED) is 0.259. The minimum atomic E-state index is -0.716. The number of piperazine rings is 1. The van der Waals surface area contributed by atoms with Crippen molar-refractivity contribution >= 4 is 45.6 Å². The molecule has 0 aliphatic carbocycles. The molecule has 0 saturated carbocycles. The van der Waals surface area contributed by atoms with Gasteiger partial charge in [0.1, 0.15) is 17.2 Å². The predicted molar refractivity (Wildman–Crippen MR) is 155 cm³/mol. The van der Waals surface area contributed by atoms with E-state index in [1.165, 1.54) is 0 Å². The van der Waals surface area contributed by atoms with Crippen molar-refractivity contribution in [3.8, 4) is 0 Å². The highest BCUT2D eigenvalue weighted by atomic mass is 19.1. The summed E-state index contributed by atoms with van der Waals surface area (Å²) in [4.78, 5) is 30.0. The maximum absolute atomic E-state index is 13.6. The molecule has 2 aliphatic rings. The molecule has 4 heterocycles. The largest absolute Gasteiger partial charge is 0.381 e. The van der Waals surface area contributed by atoms with Crippen molar-refractivity contribution in [1.29, 1.82) is 0 Å². The number of hydrogen-bond donors (Lipinski definition) is 4. The summed E-state index contributed by atoms with van der Waals surface area (Å²) < 4.78 is 32.8. The Morgan fingerprint density at radius 1 is 1.02 bits per heavy atom. The molecule has 10 nitrogen and oxygen atoms in total. The zero-order chi connectivity index (χ0) is 28.3. The molecule has 0 unspecified atom stereocenters. The Morgan fingerprint density at radius 2 is 1.78 bits per heavy atom. The number of amides is 1. The molecule has 1 amide bonds. The monoisotopic (exact) mass is 562 g/mol. The first-order chi connectivity index (χ1) is 19.9. The van der Waals surface area contributed by atoms with E-state index in [1.807, 2.05) is 12.1 Å². The first-order valence-electron chi connectivity index (χ1n) is 13.7. The summed E-state index contributed by atoms with van der Waals surface area (Å²) in [7, 11) is 2.12. The van der Waals surface area contributed by atoms with Crippen LogP contribution in [0.2, 0.25) is 0 Å². The average molecular weight is 563 g/mol. The van der Waals surface area contributed by atoms with Gasteiger partial charge in [0, 0.05) is 74.8 Å². The molecular formula is C29H32F2N8O2. The van der Waals surface area contributed by atoms with Crippen LogP contribution in [0.1, 0.15) is 23.2 Å². The van der Waals surface area contributed by atoms with E-state index in [0.29, 0.717) is 35.5 Å². The summed E-state index contributed by atoms with van der Waals surface area (Å²) in [6.45, 7) is 5.19. The van der Waals surface area contributed by atoms with Crippen molar-refractivity contribution < 1.29 is 18.3 Å². The number of H-pyrrole nitrogens is 1. The van der Waals surface area contributed by atoms with Gasteiger partial charge in [0.05, 0.1) is 23.0 Å². The highest BCUT2D eigenvalue weighted by Crippen LogP contribution is 2.29. The van der Waals surface area contributed by atoms with Gasteiger partial charge in [0.25, 0.3) is 5.91 Å². The first-order valence-corrected chi connectivity index (χ1v) is 13.7. The summed E-state index contributed by atoms with van der Waals surface area (Å²) in [6.07, 6.45) is 4.92. The fourth-order valence-electron chi connectivity index (χ4n) is 5.18. The lowest BCUT2D eigenvalue weighted by Crippen LogP contribution is -2.44. The van der Waals surface area contributed by atoms with E-state index in [2.05, 4.69) is 53.8 Å². The van der Waals surface area contributed by atoms with Crippen molar-refractivity contribution in [2.45, 2.75) is 18.9 Å². The maximum Gasteiger partial charge on any atom is 0.257 e. The molecule has 0 radical (unpaired) electrons. The van der Waals surface area contributed by atoms with Crippen LogP contribution in [0.3, 0.4) is 0 Å². The number of carbonyl (C=O) groups excluding carboxylic acids is 1. The lowest BCUT2D eigenvalue weighted by molar-refractivity contribution is 0.0904. The Balaban J connectivity index is 1.25. The minimum Gasteiger partial charge on any atom is -0.381 e. The van der Waals surface area contributed by atoms with Gasteiger partial charge in [-0.3, -0.25) is 4.79 Å². The van der Waals surface area contributed by atoms with E-state index >= 15 is 0 Å². The van der Waals surface area contributed by atoms with Crippen LogP contribution in [0, 0.1) is 11.6 Å². The van der Waals surface area contributed by atoms with Gasteiger partial charge in [-0.25, -0.2) is 18.7 Å². The van der Waals surface area contributed by atoms with Gasteiger partial charge in [-0.15, -0.1) is 0 Å². The van der Waals surface area contributed by atoms with E-state index < -0.39 is 11.6 Å². The molecule has 41 heavy (non-hydrogen) atoms. The Morgan fingerprint density at radius 3 is 2.54 bits per heavy atom. The van der Waals surface area contributed by atoms with Gasteiger partial charge < -0.3 is 35.5 Å². The molecule has 214 valence electrons. The maximum atomic E-state index is 13.6. The van der Waals surface area contributed by atoms with Gasteiger partial charge in [0.15, 0.2) is 0 Å². The van der Waals surface area contributed by atoms with Crippen LogP contribution >= 0.6 is 0 Å². The van der Waals surface area contributed by atoms with Gasteiger partial charge in [-0.2, -0.15) is 0 Å². The van der Waals surface area contributed by atoms with Crippen LogP contribution in [0.5, 0.6) is 0 Å². The average Bonchev–Trinajstić information content (AvgIpc) is 3.35. The third-order valence-corrected chi connectivity index (χ3v) is 7.48. The normalized spacial score (nSPS) is 16.6. The molecule has 2 fully saturated rings. The lowest BCUT2D eigenvalue weighted by atomic mass is 10.1. The number of halogens is 2. The van der Waals surface area contributed by atoms with Crippen LogP contribution in [-0.4, -0.2) is 78.2 Å². The fraction of sp³-hybridized carbons (Fsp3) is 0.345.